The number of ether oxygens (including phenoxy) is 1. The largest absolute Gasteiger partial charge is 0.432 e. The molecule has 42 heavy (non-hydrogen) atoms. The molecule has 0 unspecified atom stereocenters. The number of nitrogens with zero attached hydrogens (tertiary/aromatic N) is 2. The summed E-state index contributed by atoms with van der Waals surface area (Å²) in [6.45, 7) is 6.43. The van der Waals surface area contributed by atoms with Crippen molar-refractivity contribution in [2.24, 2.45) is 5.92 Å². The highest BCUT2D eigenvalue weighted by atomic mass is 28.4. The van der Waals surface area contributed by atoms with E-state index in [1.54, 1.807) is 9.80 Å². The molecule has 222 valence electrons. The molecular formula is C34H42N2O5Si. The number of aliphatic hydroxyl groups is 1. The molecule has 0 aliphatic carbocycles. The first-order valence-corrected chi connectivity index (χ1v) is 18.0. The Hall–Kier alpha value is -3.30. The topological polar surface area (TPSA) is 90.3 Å². The maximum atomic E-state index is 13.7. The van der Waals surface area contributed by atoms with Crippen molar-refractivity contribution >= 4 is 32.0 Å². The van der Waals surface area contributed by atoms with Gasteiger partial charge in [-0.25, -0.2) is 0 Å². The number of benzene rings is 3. The summed E-state index contributed by atoms with van der Waals surface area (Å²) in [4.78, 5) is 40.1. The van der Waals surface area contributed by atoms with Crippen LogP contribution in [0.25, 0.3) is 0 Å². The SMILES string of the molecule is C[C@@H]1[C@@H]([Si](C)(C)O)[C@H](CC(=O)N2Cc3ccccc3C[C@H]2CO)O[C@@H]1CCc1ccc(N(C=O)c2ccccc2)cc1. The number of amides is 2. The Bertz CT molecular complexity index is 1360. The van der Waals surface area contributed by atoms with E-state index >= 15 is 0 Å². The van der Waals surface area contributed by atoms with Crippen LogP contribution in [-0.2, 0) is 33.7 Å². The van der Waals surface area contributed by atoms with E-state index in [9.17, 15) is 19.5 Å². The molecule has 0 bridgehead atoms. The molecule has 3 aromatic rings. The van der Waals surface area contributed by atoms with Crippen LogP contribution in [0.4, 0.5) is 11.4 Å². The Morgan fingerprint density at radius 2 is 1.62 bits per heavy atom. The Balaban J connectivity index is 1.24. The number of aryl methyl sites for hydroxylation is 1. The van der Waals surface area contributed by atoms with Crippen molar-refractivity contribution in [3.8, 4) is 0 Å². The summed E-state index contributed by atoms with van der Waals surface area (Å²) in [5, 5.41) is 10.1. The molecule has 7 nitrogen and oxygen atoms in total. The minimum atomic E-state index is -2.64. The molecule has 1 fully saturated rings. The van der Waals surface area contributed by atoms with Crippen molar-refractivity contribution in [1.82, 2.24) is 4.90 Å². The molecule has 8 heteroatoms. The summed E-state index contributed by atoms with van der Waals surface area (Å²) in [6.07, 6.45) is 2.81. The summed E-state index contributed by atoms with van der Waals surface area (Å²) in [6, 6.07) is 25.4. The van der Waals surface area contributed by atoms with Gasteiger partial charge in [0.05, 0.1) is 31.3 Å². The average Bonchev–Trinajstić information content (AvgIpc) is 3.31. The van der Waals surface area contributed by atoms with Crippen molar-refractivity contribution in [3.63, 3.8) is 0 Å². The molecule has 0 spiro atoms. The van der Waals surface area contributed by atoms with Gasteiger partial charge in [0, 0.05) is 23.5 Å². The number of aliphatic hydroxyl groups excluding tert-OH is 1. The van der Waals surface area contributed by atoms with Crippen LogP contribution in [0.2, 0.25) is 18.6 Å². The van der Waals surface area contributed by atoms with Crippen LogP contribution in [0.3, 0.4) is 0 Å². The van der Waals surface area contributed by atoms with Gasteiger partial charge in [-0.1, -0.05) is 61.5 Å². The quantitative estimate of drug-likeness (QED) is 0.251. The molecule has 0 saturated carbocycles. The van der Waals surface area contributed by atoms with Crippen LogP contribution in [-0.4, -0.2) is 60.3 Å². The van der Waals surface area contributed by atoms with Gasteiger partial charge in [0.15, 0.2) is 8.32 Å². The van der Waals surface area contributed by atoms with E-state index in [0.29, 0.717) is 13.0 Å². The summed E-state index contributed by atoms with van der Waals surface area (Å²) >= 11 is 0. The van der Waals surface area contributed by atoms with Gasteiger partial charge in [0.1, 0.15) is 0 Å². The first kappa shape index (κ1) is 30.2. The average molecular weight is 587 g/mol. The van der Waals surface area contributed by atoms with Crippen molar-refractivity contribution in [2.45, 2.75) is 76.0 Å². The fraction of sp³-hybridized carbons (Fsp3) is 0.412. The Morgan fingerprint density at radius 3 is 2.26 bits per heavy atom. The molecule has 0 aromatic heterocycles. The predicted molar refractivity (Wildman–Crippen MR) is 167 cm³/mol. The number of carbonyl (C=O) groups is 2. The number of hydrogen-bond acceptors (Lipinski definition) is 5. The molecule has 3 aromatic carbocycles. The number of fused-ring (bicyclic) bond motifs is 1. The Morgan fingerprint density at radius 1 is 0.976 bits per heavy atom. The molecule has 5 rings (SSSR count). The summed E-state index contributed by atoms with van der Waals surface area (Å²) in [7, 11) is -2.64. The molecule has 0 radical (unpaired) electrons. The zero-order chi connectivity index (χ0) is 29.9. The number of rotatable bonds is 10. The van der Waals surface area contributed by atoms with E-state index in [-0.39, 0.29) is 48.6 Å². The third kappa shape index (κ3) is 6.52. The van der Waals surface area contributed by atoms with E-state index in [0.717, 1.165) is 41.8 Å². The van der Waals surface area contributed by atoms with Gasteiger partial charge in [-0.3, -0.25) is 14.5 Å². The first-order valence-electron chi connectivity index (χ1n) is 14.9. The monoisotopic (exact) mass is 586 g/mol. The van der Waals surface area contributed by atoms with E-state index in [1.807, 2.05) is 85.9 Å². The zero-order valence-electron chi connectivity index (χ0n) is 24.7. The van der Waals surface area contributed by atoms with E-state index in [4.69, 9.17) is 4.74 Å². The molecule has 5 atom stereocenters. The molecule has 2 amide bonds. The van der Waals surface area contributed by atoms with Crippen molar-refractivity contribution in [2.75, 3.05) is 11.5 Å². The normalized spacial score (nSPS) is 23.8. The van der Waals surface area contributed by atoms with Crippen LogP contribution in [0.15, 0.2) is 78.9 Å². The molecule has 1 saturated heterocycles. The number of para-hydroxylation sites is 1. The maximum Gasteiger partial charge on any atom is 0.225 e. The fourth-order valence-electron chi connectivity index (χ4n) is 6.93. The van der Waals surface area contributed by atoms with E-state index in [2.05, 4.69) is 13.0 Å². The summed E-state index contributed by atoms with van der Waals surface area (Å²) in [5.41, 5.74) is 5.00. The third-order valence-electron chi connectivity index (χ3n) is 9.05. The lowest BCUT2D eigenvalue weighted by Crippen LogP contribution is -2.48. The van der Waals surface area contributed by atoms with Crippen molar-refractivity contribution in [1.29, 1.82) is 0 Å². The predicted octanol–water partition coefficient (Wildman–Crippen LogP) is 5.22. The number of carbonyl (C=O) groups excluding carboxylic acids is 2. The van der Waals surface area contributed by atoms with E-state index < -0.39 is 8.32 Å². The molecule has 2 aliphatic rings. The van der Waals surface area contributed by atoms with Gasteiger partial charge in [0.2, 0.25) is 12.3 Å². The molecule has 2 aliphatic heterocycles. The van der Waals surface area contributed by atoms with Gasteiger partial charge < -0.3 is 19.5 Å². The van der Waals surface area contributed by atoms with Gasteiger partial charge in [-0.15, -0.1) is 0 Å². The minimum Gasteiger partial charge on any atom is -0.432 e. The zero-order valence-corrected chi connectivity index (χ0v) is 25.7. The number of hydrogen-bond donors (Lipinski definition) is 2. The maximum absolute atomic E-state index is 13.7. The van der Waals surface area contributed by atoms with E-state index in [1.165, 1.54) is 5.56 Å². The van der Waals surface area contributed by atoms with Crippen LogP contribution in [0, 0.1) is 5.92 Å². The first-order chi connectivity index (χ1) is 20.2. The smallest absolute Gasteiger partial charge is 0.225 e. The lowest BCUT2D eigenvalue weighted by molar-refractivity contribution is -0.138. The highest BCUT2D eigenvalue weighted by Gasteiger charge is 2.50. The second-order valence-corrected chi connectivity index (χ2v) is 16.3. The molecule has 2 N–H and O–H groups in total. The molecular weight excluding hydrogens is 544 g/mol. The standard InChI is InChI=1S/C34H42N2O5Si/c1-24-31(18-15-25-13-16-29(17-14-25)36(23-38)28-11-5-4-6-12-28)41-32(34(24)42(2,3)40)20-33(39)35-21-27-10-8-7-9-26(27)19-30(35)22-37/h4-14,16-17,23-24,30-32,34,37,40H,15,18-22H2,1-3H3/t24-,30-,31+,32-,34+/m0/s1. The van der Waals surface area contributed by atoms with Crippen LogP contribution in [0.5, 0.6) is 0 Å². The van der Waals surface area contributed by atoms with Crippen LogP contribution < -0.4 is 4.90 Å². The van der Waals surface area contributed by atoms with Crippen LogP contribution in [0.1, 0.15) is 36.5 Å². The van der Waals surface area contributed by atoms with Crippen molar-refractivity contribution in [3.05, 3.63) is 95.6 Å². The van der Waals surface area contributed by atoms with Gasteiger partial charge in [-0.05, 0) is 79.2 Å². The van der Waals surface area contributed by atoms with Gasteiger partial charge >= 0.3 is 0 Å². The van der Waals surface area contributed by atoms with Crippen LogP contribution >= 0.6 is 0 Å². The second kappa shape index (κ2) is 12.9. The lowest BCUT2D eigenvalue weighted by atomic mass is 9.93. The van der Waals surface area contributed by atoms with Gasteiger partial charge in [-0.2, -0.15) is 0 Å². The summed E-state index contributed by atoms with van der Waals surface area (Å²) in [5.74, 6) is 0.0893. The highest BCUT2D eigenvalue weighted by Crippen LogP contribution is 2.46. The van der Waals surface area contributed by atoms with Gasteiger partial charge in [0.25, 0.3) is 0 Å². The summed E-state index contributed by atoms with van der Waals surface area (Å²) < 4.78 is 6.58. The molecule has 2 heterocycles. The fourth-order valence-corrected chi connectivity index (χ4v) is 9.54. The highest BCUT2D eigenvalue weighted by molar-refractivity contribution is 6.71. The lowest BCUT2D eigenvalue weighted by Gasteiger charge is -2.37. The third-order valence-corrected chi connectivity index (χ3v) is 11.6. The Labute approximate surface area is 249 Å². The van der Waals surface area contributed by atoms with Crippen molar-refractivity contribution < 1.29 is 24.2 Å². The minimum absolute atomic E-state index is 0.0293. The number of anilines is 2. The second-order valence-electron chi connectivity index (χ2n) is 12.3. The Kier molecular flexibility index (Phi) is 9.28.